The van der Waals surface area contributed by atoms with Gasteiger partial charge in [-0.1, -0.05) is 0 Å². The van der Waals surface area contributed by atoms with Crippen LogP contribution in [0.25, 0.3) is 0 Å². The van der Waals surface area contributed by atoms with Crippen LogP contribution in [-0.4, -0.2) is 130 Å². The summed E-state index contributed by atoms with van der Waals surface area (Å²) in [4.78, 5) is 34.2. The number of aliphatic carboxylic acids is 3. The van der Waals surface area contributed by atoms with Crippen LogP contribution in [0, 0.1) is 6.42 Å². The van der Waals surface area contributed by atoms with Gasteiger partial charge < -0.3 is 30.0 Å². The fraction of sp³-hybridized carbons (Fsp3) is 0.722. The molecule has 0 fully saturated rings. The molecule has 0 aliphatic carbocycles. The van der Waals surface area contributed by atoms with Crippen LogP contribution in [0.1, 0.15) is 0 Å². The van der Waals surface area contributed by atoms with Crippen molar-refractivity contribution in [1.29, 1.82) is 0 Å². The summed E-state index contributed by atoms with van der Waals surface area (Å²) in [5, 5.41) is 64.1. The number of rotatable bonds is 11. The second kappa shape index (κ2) is 22.6. The van der Waals surface area contributed by atoms with E-state index in [0.717, 1.165) is 19.6 Å². The third-order valence-electron chi connectivity index (χ3n) is 2.97. The molecule has 14 heteroatoms. The van der Waals surface area contributed by atoms with Crippen molar-refractivity contribution in [1.82, 2.24) is 0 Å². The van der Waals surface area contributed by atoms with E-state index in [0.29, 0.717) is 19.8 Å². The van der Waals surface area contributed by atoms with Crippen LogP contribution < -0.4 is 30.0 Å². The van der Waals surface area contributed by atoms with Gasteiger partial charge in [-0.05, 0) is 0 Å². The van der Waals surface area contributed by atoms with Crippen molar-refractivity contribution in [2.24, 2.45) is 0 Å². The summed E-state index contributed by atoms with van der Waals surface area (Å²) in [7, 11) is 12.1. The normalized spacial score (nSPS) is 11.7. The van der Waals surface area contributed by atoms with E-state index in [9.17, 15) is 29.7 Å². The van der Waals surface area contributed by atoms with Crippen LogP contribution in [0.3, 0.4) is 0 Å². The third kappa shape index (κ3) is 26.4. The van der Waals surface area contributed by atoms with E-state index in [4.69, 9.17) is 20.4 Å². The molecule has 0 saturated heterocycles. The molecule has 32 heavy (non-hydrogen) atoms. The van der Waals surface area contributed by atoms with Gasteiger partial charge in [0.25, 0.3) is 0 Å². The van der Waals surface area contributed by atoms with Crippen molar-refractivity contribution >= 4 is 22.3 Å². The number of quaternary nitrogens is 3. The molecule has 0 aliphatic rings. The first-order valence-electron chi connectivity index (χ1n) is 9.46. The number of carboxylic acids is 3. The van der Waals surface area contributed by atoms with Crippen molar-refractivity contribution in [2.45, 2.75) is 5.60 Å². The molecule has 0 heterocycles. The summed E-state index contributed by atoms with van der Waals surface area (Å²) in [6.07, 6.45) is -0.277. The number of hydrogen-bond donors (Lipinski definition) is 7. The molecule has 0 radical (unpaired) electrons. The third-order valence-corrected chi connectivity index (χ3v) is 3.62. The molecule has 1 atom stereocenters. The number of hydrogen-bond acceptors (Lipinski definition) is 10. The number of likely N-dealkylation sites (N-methyl/N-ethyl adjacent to an activating group) is 3. The van der Waals surface area contributed by atoms with Crippen molar-refractivity contribution < 1.29 is 80.4 Å². The molecule has 13 nitrogen and oxygen atoms in total. The van der Waals surface area contributed by atoms with Crippen LogP contribution in [-0.2, 0) is 30.0 Å². The van der Waals surface area contributed by atoms with Gasteiger partial charge in [-0.3, -0.25) is 0 Å². The van der Waals surface area contributed by atoms with Gasteiger partial charge >= 0.3 is 84.7 Å². The van der Waals surface area contributed by atoms with Gasteiger partial charge in [0.15, 0.2) is 0 Å². The first-order chi connectivity index (χ1) is 14.5. The first kappa shape index (κ1) is 37.7. The second-order valence-electron chi connectivity index (χ2n) is 7.15. The molecule has 0 saturated carbocycles. The zero-order valence-corrected chi connectivity index (χ0v) is 20.5. The molecule has 7 N–H and O–H groups in total. The van der Waals surface area contributed by atoms with Crippen LogP contribution in [0.15, 0.2) is 0 Å². The summed E-state index contributed by atoms with van der Waals surface area (Å²) in [6.45, 7) is 3.42. The Kier molecular flexibility index (Phi) is 26.6. The molecule has 1 unspecified atom stereocenters. The Labute approximate surface area is 196 Å². The van der Waals surface area contributed by atoms with Crippen LogP contribution in [0.2, 0.25) is 0 Å². The van der Waals surface area contributed by atoms with Crippen molar-refractivity contribution in [3.05, 3.63) is 6.42 Å². The molecule has 0 aromatic rings. The van der Waals surface area contributed by atoms with E-state index in [1.165, 1.54) is 14.7 Å². The van der Waals surface area contributed by atoms with Crippen LogP contribution in [0.5, 0.6) is 0 Å². The fourth-order valence-corrected chi connectivity index (χ4v) is 1.40. The summed E-state index contributed by atoms with van der Waals surface area (Å²) < 4.78 is -1.36. The summed E-state index contributed by atoms with van der Waals surface area (Å²) in [5.74, 6) is -6.55. The summed E-state index contributed by atoms with van der Waals surface area (Å²) in [6, 6.07) is 0. The topological polar surface area (TPSA) is 215 Å². The monoisotopic (exact) mass is 512 g/mol. The molecular weight excluding hydrogens is 474 g/mol. The first-order valence-corrected chi connectivity index (χ1v) is 10.0. The van der Waals surface area contributed by atoms with Crippen LogP contribution in [0.4, 0.5) is 0 Å². The zero-order chi connectivity index (χ0) is 26.5. The van der Waals surface area contributed by atoms with E-state index in [2.05, 4.69) is 15.6 Å². The average molecular weight is 512 g/mol. The van der Waals surface area contributed by atoms with Crippen molar-refractivity contribution in [3.63, 3.8) is 0 Å². The van der Waals surface area contributed by atoms with Crippen molar-refractivity contribution in [2.75, 3.05) is 81.7 Å². The Morgan fingerprint density at radius 1 is 0.781 bits per heavy atom. The van der Waals surface area contributed by atoms with Crippen molar-refractivity contribution in [3.8, 4) is 0 Å². The number of aliphatic hydroxyl groups is 4. The van der Waals surface area contributed by atoms with E-state index in [1.807, 2.05) is 42.3 Å². The molecule has 0 aromatic heterocycles. The predicted octanol–water partition coefficient (Wildman–Crippen LogP) is -11.7. The standard InChI is InChI=1S/C6H5O7.3C4H11NO.Fe/c7-3(8)1-6(13,5(11)12)2-4(9)10;3*1-5(2)3-4-6;/h1,13H,(H,7,8)(H,9,10)(H,11,12);3*6H,3-4H2,1-2H3;/q-1;;;;+1. The molecular formula is C18H38FeN3O10. The van der Waals surface area contributed by atoms with Gasteiger partial charge in [0.1, 0.15) is 19.6 Å². The Balaban J connectivity index is -0.000000182. The average Bonchev–Trinajstić information content (AvgIpc) is 2.61. The molecule has 0 bridgehead atoms. The Hall–Kier alpha value is -1.61. The Bertz CT molecular complexity index is 509. The number of carbonyl (C=O) groups is 3. The summed E-state index contributed by atoms with van der Waals surface area (Å²) >= 11 is 2.65. The van der Waals surface area contributed by atoms with Crippen LogP contribution >= 0.6 is 0 Å². The van der Waals surface area contributed by atoms with Gasteiger partial charge in [0.05, 0.1) is 62.1 Å². The number of aliphatic hydroxyl groups excluding tert-OH is 3. The van der Waals surface area contributed by atoms with E-state index >= 15 is 0 Å². The van der Waals surface area contributed by atoms with Gasteiger partial charge in [-0.25, -0.2) is 0 Å². The number of carboxylic acid groups (broad SMARTS) is 3. The Morgan fingerprint density at radius 3 is 1.16 bits per heavy atom. The van der Waals surface area contributed by atoms with Gasteiger partial charge in [-0.15, -0.1) is 0 Å². The van der Waals surface area contributed by atoms with E-state index in [1.54, 1.807) is 0 Å². The minimum atomic E-state index is -3.34. The minimum absolute atomic E-state index is 0.277. The SMILES string of the molecule is C[NH+](C)CCO.C[NH+](C)CCO.C[NH+](C)CCO.O=C([O-])[CH-]C(O)(C(=O)[O-])[C](=[Fe+])C(=O)[O-]. The van der Waals surface area contributed by atoms with E-state index < -0.39 is 27.9 Å². The maximum atomic E-state index is 10.3. The molecule has 0 aromatic carbocycles. The quantitative estimate of drug-likeness (QED) is 0.103. The molecule has 0 rings (SSSR count). The fourth-order valence-electron chi connectivity index (χ4n) is 1.20. The zero-order valence-electron chi connectivity index (χ0n) is 19.4. The summed E-state index contributed by atoms with van der Waals surface area (Å²) in [5.41, 5.74) is -3.34. The molecule has 0 spiro atoms. The number of nitrogens with one attached hydrogen (secondary N) is 3. The predicted molar refractivity (Wildman–Crippen MR) is 104 cm³/mol. The van der Waals surface area contributed by atoms with Gasteiger partial charge in [-0.2, -0.15) is 0 Å². The van der Waals surface area contributed by atoms with Gasteiger partial charge in [0, 0.05) is 0 Å². The maximum absolute atomic E-state index is 10.3. The molecule has 0 aliphatic heterocycles. The Morgan fingerprint density at radius 2 is 1.06 bits per heavy atom. The van der Waals surface area contributed by atoms with E-state index in [-0.39, 0.29) is 6.42 Å². The number of carbonyl (C=O) groups excluding carboxylic acids is 3. The molecule has 0 amide bonds. The molecule has 193 valence electrons. The van der Waals surface area contributed by atoms with Gasteiger partial charge in [0.2, 0.25) is 0 Å². The second-order valence-corrected chi connectivity index (χ2v) is 7.70.